The molecule has 28 heavy (non-hydrogen) atoms. The molecule has 0 fully saturated rings. The number of Topliss-reactive ketones (excluding diaryl/α,β-unsaturated/α-hetero) is 1. The van der Waals surface area contributed by atoms with E-state index < -0.39 is 11.9 Å². The van der Waals surface area contributed by atoms with Gasteiger partial charge in [-0.2, -0.15) is 0 Å². The molecular weight excluding hydrogens is 422 g/mol. The summed E-state index contributed by atoms with van der Waals surface area (Å²) in [6, 6.07) is 7.78. The number of ketones is 1. The highest BCUT2D eigenvalue weighted by Gasteiger charge is 2.39. The van der Waals surface area contributed by atoms with Gasteiger partial charge in [0, 0.05) is 40.4 Å². The third-order valence-corrected chi connectivity index (χ3v) is 5.48. The van der Waals surface area contributed by atoms with E-state index in [2.05, 4.69) is 21.2 Å². The molecule has 1 unspecified atom stereocenters. The van der Waals surface area contributed by atoms with E-state index in [1.165, 1.54) is 0 Å². The second-order valence-electron chi connectivity index (χ2n) is 7.07. The van der Waals surface area contributed by atoms with E-state index in [1.807, 2.05) is 38.1 Å². The molecular formula is C22H26BrNO4. The van der Waals surface area contributed by atoms with Gasteiger partial charge in [-0.05, 0) is 43.9 Å². The van der Waals surface area contributed by atoms with Gasteiger partial charge in [-0.3, -0.25) is 4.79 Å². The van der Waals surface area contributed by atoms with E-state index in [4.69, 9.17) is 9.47 Å². The molecule has 0 saturated heterocycles. The van der Waals surface area contributed by atoms with Crippen LogP contribution in [0, 0.1) is 0 Å². The van der Waals surface area contributed by atoms with Crippen molar-refractivity contribution in [1.82, 2.24) is 5.32 Å². The van der Waals surface area contributed by atoms with Crippen molar-refractivity contribution < 1.29 is 19.1 Å². The van der Waals surface area contributed by atoms with Crippen molar-refractivity contribution in [3.05, 3.63) is 56.8 Å². The number of carbonyl (C=O) groups is 2. The van der Waals surface area contributed by atoms with Crippen LogP contribution < -0.4 is 5.32 Å². The summed E-state index contributed by atoms with van der Waals surface area (Å²) in [6.07, 6.45) is 3.08. The summed E-state index contributed by atoms with van der Waals surface area (Å²) in [7, 11) is 0. The number of rotatable bonds is 7. The first kappa shape index (κ1) is 20.8. The molecule has 1 atom stereocenters. The fourth-order valence-electron chi connectivity index (χ4n) is 3.79. The van der Waals surface area contributed by atoms with Crippen LogP contribution in [0.2, 0.25) is 0 Å². The maximum absolute atomic E-state index is 13.0. The second-order valence-corrected chi connectivity index (χ2v) is 7.98. The summed E-state index contributed by atoms with van der Waals surface area (Å²) >= 11 is 3.50. The van der Waals surface area contributed by atoms with Crippen LogP contribution >= 0.6 is 15.9 Å². The number of carbonyl (C=O) groups excluding carboxylic acids is 2. The lowest BCUT2D eigenvalue weighted by atomic mass is 9.75. The fourth-order valence-corrected chi connectivity index (χ4v) is 4.21. The van der Waals surface area contributed by atoms with Crippen LogP contribution in [0.5, 0.6) is 0 Å². The Morgan fingerprint density at radius 1 is 1.25 bits per heavy atom. The molecule has 2 aliphatic rings. The molecule has 0 spiro atoms. The molecule has 1 aliphatic heterocycles. The third kappa shape index (κ3) is 4.55. The number of nitrogens with one attached hydrogen (secondary N) is 1. The van der Waals surface area contributed by atoms with Gasteiger partial charge in [0.05, 0.1) is 12.2 Å². The zero-order valence-corrected chi connectivity index (χ0v) is 17.9. The van der Waals surface area contributed by atoms with Crippen LogP contribution in [0.1, 0.15) is 51.0 Å². The van der Waals surface area contributed by atoms with Gasteiger partial charge >= 0.3 is 5.97 Å². The number of esters is 1. The minimum Gasteiger partial charge on any atom is -0.460 e. The van der Waals surface area contributed by atoms with Crippen LogP contribution in [-0.2, 0) is 19.1 Å². The van der Waals surface area contributed by atoms with E-state index >= 15 is 0 Å². The van der Waals surface area contributed by atoms with Crippen LogP contribution in [0.25, 0.3) is 0 Å². The van der Waals surface area contributed by atoms with Crippen LogP contribution in [0.4, 0.5) is 0 Å². The van der Waals surface area contributed by atoms with Gasteiger partial charge in [0.25, 0.3) is 0 Å². The monoisotopic (exact) mass is 447 g/mol. The lowest BCUT2D eigenvalue weighted by Gasteiger charge is -2.34. The second kappa shape index (κ2) is 9.52. The fraction of sp³-hybridized carbons (Fsp3) is 0.455. The first-order valence-corrected chi connectivity index (χ1v) is 10.6. The molecule has 1 aromatic carbocycles. The Balaban J connectivity index is 1.92. The highest BCUT2D eigenvalue weighted by atomic mass is 79.9. The molecule has 150 valence electrons. The summed E-state index contributed by atoms with van der Waals surface area (Å²) in [5.74, 6) is -0.714. The molecule has 5 nitrogen and oxygen atoms in total. The highest BCUT2D eigenvalue weighted by molar-refractivity contribution is 9.10. The Bertz CT molecular complexity index is 828. The lowest BCUT2D eigenvalue weighted by Crippen LogP contribution is -2.34. The van der Waals surface area contributed by atoms with Crippen molar-refractivity contribution >= 4 is 27.7 Å². The average molecular weight is 448 g/mol. The summed E-state index contributed by atoms with van der Waals surface area (Å²) in [5, 5.41) is 3.30. The minimum atomic E-state index is -0.411. The third-order valence-electron chi connectivity index (χ3n) is 4.99. The van der Waals surface area contributed by atoms with Crippen molar-refractivity contribution in [3.63, 3.8) is 0 Å². The Kier molecular flexibility index (Phi) is 7.08. The van der Waals surface area contributed by atoms with E-state index in [0.717, 1.165) is 40.7 Å². The Morgan fingerprint density at radius 3 is 2.82 bits per heavy atom. The van der Waals surface area contributed by atoms with Gasteiger partial charge < -0.3 is 14.8 Å². The summed E-state index contributed by atoms with van der Waals surface area (Å²) in [5.41, 5.74) is 3.79. The van der Waals surface area contributed by atoms with Crippen LogP contribution in [0.3, 0.4) is 0 Å². The summed E-state index contributed by atoms with van der Waals surface area (Å²) in [4.78, 5) is 25.8. The van der Waals surface area contributed by atoms with Gasteiger partial charge in [-0.15, -0.1) is 0 Å². The molecule has 6 heteroatoms. The number of benzene rings is 1. The molecule has 0 aromatic heterocycles. The van der Waals surface area contributed by atoms with Crippen molar-refractivity contribution in [2.45, 2.75) is 45.4 Å². The summed E-state index contributed by atoms with van der Waals surface area (Å²) < 4.78 is 11.8. The van der Waals surface area contributed by atoms with Crippen LogP contribution in [0.15, 0.2) is 51.3 Å². The molecule has 0 bridgehead atoms. The molecule has 1 aliphatic carbocycles. The van der Waals surface area contributed by atoms with E-state index in [-0.39, 0.29) is 12.4 Å². The minimum absolute atomic E-state index is 0.0998. The number of ether oxygens (including phenoxy) is 2. The van der Waals surface area contributed by atoms with Crippen molar-refractivity contribution in [2.24, 2.45) is 0 Å². The van der Waals surface area contributed by atoms with E-state index in [1.54, 1.807) is 0 Å². The van der Waals surface area contributed by atoms with E-state index in [9.17, 15) is 9.59 Å². The van der Waals surface area contributed by atoms with Gasteiger partial charge in [0.2, 0.25) is 0 Å². The number of hydrogen-bond acceptors (Lipinski definition) is 5. The van der Waals surface area contributed by atoms with Gasteiger partial charge in [0.1, 0.15) is 6.61 Å². The number of dihydropyridines is 1. The van der Waals surface area contributed by atoms with Crippen molar-refractivity contribution in [3.8, 4) is 0 Å². The van der Waals surface area contributed by atoms with E-state index in [0.29, 0.717) is 30.8 Å². The first-order chi connectivity index (χ1) is 13.5. The topological polar surface area (TPSA) is 64.6 Å². The van der Waals surface area contributed by atoms with Crippen molar-refractivity contribution in [2.75, 3.05) is 19.8 Å². The predicted octanol–water partition coefficient (Wildman–Crippen LogP) is 4.39. The predicted molar refractivity (Wildman–Crippen MR) is 111 cm³/mol. The smallest absolute Gasteiger partial charge is 0.336 e. The molecule has 0 amide bonds. The molecule has 3 rings (SSSR count). The lowest BCUT2D eigenvalue weighted by molar-refractivity contribution is -0.141. The Labute approximate surface area is 174 Å². The van der Waals surface area contributed by atoms with Gasteiger partial charge in [-0.25, -0.2) is 4.79 Å². The zero-order chi connectivity index (χ0) is 20.1. The molecule has 0 saturated carbocycles. The van der Waals surface area contributed by atoms with Crippen LogP contribution in [-0.4, -0.2) is 31.6 Å². The molecule has 1 aromatic rings. The maximum atomic E-state index is 13.0. The zero-order valence-electron chi connectivity index (χ0n) is 16.3. The van der Waals surface area contributed by atoms with Crippen molar-refractivity contribution in [1.29, 1.82) is 0 Å². The highest BCUT2D eigenvalue weighted by Crippen LogP contribution is 2.42. The number of hydrogen-bond donors (Lipinski definition) is 1. The quantitative estimate of drug-likeness (QED) is 0.495. The maximum Gasteiger partial charge on any atom is 0.336 e. The molecule has 1 heterocycles. The van der Waals surface area contributed by atoms with Gasteiger partial charge in [0.15, 0.2) is 5.78 Å². The number of allylic oxidation sites excluding steroid dienone is 3. The summed E-state index contributed by atoms with van der Waals surface area (Å²) in [6.45, 7) is 5.11. The average Bonchev–Trinajstić information content (AvgIpc) is 2.66. The Hall–Kier alpha value is -1.92. The largest absolute Gasteiger partial charge is 0.460 e. The molecule has 1 N–H and O–H groups in total. The SMILES string of the molecule is CCCOCCOC(=O)C1=C(C)NC2=C(C(=O)CCC2)C1c1cccc(Br)c1. The first-order valence-electron chi connectivity index (χ1n) is 9.77. The molecule has 0 radical (unpaired) electrons. The Morgan fingerprint density at radius 2 is 2.07 bits per heavy atom. The number of halogens is 1. The standard InChI is InChI=1S/C22H26BrNO4/c1-3-10-27-11-12-28-22(26)19-14(2)24-17-8-5-9-18(25)21(17)20(19)15-6-4-7-16(23)13-15/h4,6-7,13,20,24H,3,5,8-12H2,1-2H3. The van der Waals surface area contributed by atoms with Gasteiger partial charge in [-0.1, -0.05) is 35.0 Å². The normalized spacial score (nSPS) is 19.4.